The topological polar surface area (TPSA) is 268 Å². The fourth-order valence-electron chi connectivity index (χ4n) is 10.4. The molecule has 23 heteroatoms. The van der Waals surface area contributed by atoms with Crippen LogP contribution in [-0.2, 0) is 56.1 Å². The van der Waals surface area contributed by atoms with Crippen LogP contribution in [0.1, 0.15) is 368 Å². The van der Waals surface area contributed by atoms with Gasteiger partial charge in [0.15, 0.2) is 0 Å². The average molecular weight is 1890 g/mol. The Hall–Kier alpha value is -7.18. The molecule has 3 N–H and O–H groups in total. The fourth-order valence-corrected chi connectivity index (χ4v) is 10.4. The molecule has 4 saturated heterocycles. The number of hydrogen-bond acceptors (Lipinski definition) is 15. The number of likely N-dealkylation sites (tertiary alicyclic amines) is 2. The Bertz CT molecular complexity index is 3540. The molecule has 0 radical (unpaired) electrons. The maximum absolute atomic E-state index is 11.7. The highest BCUT2D eigenvalue weighted by molar-refractivity contribution is 5.88. The average Bonchev–Trinajstić information content (AvgIpc) is 1.36. The smallest absolute Gasteiger partial charge is 0.246 e. The molecule has 134 heavy (non-hydrogen) atoms. The summed E-state index contributed by atoms with van der Waals surface area (Å²) in [6.45, 7) is 108. The van der Waals surface area contributed by atoms with Crippen molar-refractivity contribution in [1.82, 2.24) is 53.9 Å². The van der Waals surface area contributed by atoms with E-state index in [1.165, 1.54) is 44.6 Å². The van der Waals surface area contributed by atoms with Gasteiger partial charge in [-0.3, -0.25) is 33.4 Å². The zero-order valence-electron chi connectivity index (χ0n) is 96.5. The van der Waals surface area contributed by atoms with E-state index in [-0.39, 0.29) is 79.0 Å². The lowest BCUT2D eigenvalue weighted by atomic mass is 9.90. The standard InChI is InChI=1S/C11H21NO2.C11H19NO2.C10H19NO.2C9H17NO.C8H15N3.C8H14N2.C7H15NO.C7H15N.C7H11N.C7H12.C6H14O.C6H14.C5H12O/c2*1-11(2,3)5-4-10(13)12-6-8-14-9-7-12;1-10(2,3)9(12)11-7-5-4-6-8-11;1-9(2,3)8(11)10-6-4-5-7-10;1-9(2,3)7-6-8(11)10(4)5;1-7-5-11(10-9-7)6-8(2,3)4;1-8(2,3)6-10-5-4-9-7-10;1-7(2,3)6(9)8(4)5;1-6(8)5-7(2,3)4;1-7(2,3)5-4-6-8;1-5-6-7(2,3)4;1-6(2,3)5-7-4;1-5-6(2,3)4;1-5(2,3)4-6/h4-9H2,1-3H3;4-5H,6-9H2,1-3H3;4-8H2,1-3H3;4-7H2,1-3H3;6-7H,1-5H3;5H,6H2,1-4H3;4-5,7H,6H2,1-3H3;1-5H3;1,5,8H2,2-4H3;4-5H,1-3H3;1H,6H2,2-4H3;5H2,1-4H3;5H2,1-4H3;6H,4H2,1-3H3/b;5-4+;;;7-6+;;;;;5-4+;;;;. The number of carbonyl (C=O) groups excluding carboxylic acids is 6. The number of nitrogens with zero attached hydrogens (tertiary/aromatic N) is 12. The molecule has 0 bridgehead atoms. The number of aliphatic hydroxyl groups excluding tert-OH is 1. The molecule has 784 valence electrons. The highest BCUT2D eigenvalue weighted by Gasteiger charge is 2.30. The highest BCUT2D eigenvalue weighted by atomic mass is 16.5. The molecule has 0 unspecified atom stereocenters. The zero-order chi connectivity index (χ0) is 107. The Morgan fingerprint density at radius 2 is 0.910 bits per heavy atom. The summed E-state index contributed by atoms with van der Waals surface area (Å²) in [5, 5.41) is 24.4. The minimum atomic E-state index is -0.233. The molecule has 6 rings (SSSR count). The number of piperidine rings is 1. The number of ether oxygens (including phenoxy) is 3. The van der Waals surface area contributed by atoms with Gasteiger partial charge >= 0.3 is 0 Å². The summed E-state index contributed by atoms with van der Waals surface area (Å²) in [6.07, 6.45) is 33.9. The van der Waals surface area contributed by atoms with E-state index in [1.54, 1.807) is 57.3 Å². The van der Waals surface area contributed by atoms with E-state index in [0.717, 1.165) is 89.6 Å². The number of aryl methyl sites for hydroxylation is 1. The predicted octanol–water partition coefficient (Wildman–Crippen LogP) is 24.4. The maximum Gasteiger partial charge on any atom is 0.246 e. The van der Waals surface area contributed by atoms with E-state index < -0.39 is 0 Å². The first-order valence-electron chi connectivity index (χ1n) is 49.0. The first-order valence-corrected chi connectivity index (χ1v) is 49.0. The number of aliphatic hydroxyl groups is 1. The first kappa shape index (κ1) is 142. The number of carbonyl (C=O) groups is 6. The van der Waals surface area contributed by atoms with Gasteiger partial charge in [0.2, 0.25) is 35.4 Å². The van der Waals surface area contributed by atoms with Crippen LogP contribution in [0.5, 0.6) is 0 Å². The van der Waals surface area contributed by atoms with Crippen LogP contribution in [0.2, 0.25) is 0 Å². The van der Waals surface area contributed by atoms with Gasteiger partial charge in [-0.1, -0.05) is 334 Å². The van der Waals surface area contributed by atoms with Crippen LogP contribution in [-0.4, -0.2) is 222 Å². The number of nitrogens with two attached hydrogens (primary N) is 1. The number of methoxy groups -OCH3 is 1. The second-order valence-corrected chi connectivity index (χ2v) is 51.6. The fraction of sp³-hybridized carbons (Fsp3) is 0.802. The number of terminal acetylenes is 1. The highest BCUT2D eigenvalue weighted by Crippen LogP contribution is 2.27. The minimum Gasteiger partial charge on any atom is -0.402 e. The van der Waals surface area contributed by atoms with Gasteiger partial charge in [-0.2, -0.15) is 5.26 Å². The molecular formula is C111H215N13O10. The molecule has 0 aromatic carbocycles. The van der Waals surface area contributed by atoms with Crippen LogP contribution in [0.15, 0.2) is 73.6 Å². The third-order valence-corrected chi connectivity index (χ3v) is 17.7. The number of imidazole rings is 1. The van der Waals surface area contributed by atoms with E-state index in [2.05, 4.69) is 247 Å². The number of amides is 6. The Kier molecular flexibility index (Phi) is 73.0. The van der Waals surface area contributed by atoms with Gasteiger partial charge in [0, 0.05) is 167 Å². The molecule has 2 aromatic rings. The quantitative estimate of drug-likeness (QED) is 0.141. The van der Waals surface area contributed by atoms with Crippen LogP contribution < -0.4 is 5.73 Å². The lowest BCUT2D eigenvalue weighted by Gasteiger charge is -2.32. The molecule has 4 aliphatic rings. The minimum absolute atomic E-state index is 0.0416. The van der Waals surface area contributed by atoms with Crippen molar-refractivity contribution >= 4 is 35.4 Å². The predicted molar refractivity (Wildman–Crippen MR) is 571 cm³/mol. The van der Waals surface area contributed by atoms with E-state index in [4.69, 9.17) is 36.7 Å². The van der Waals surface area contributed by atoms with Crippen LogP contribution in [0.4, 0.5) is 0 Å². The van der Waals surface area contributed by atoms with Crippen molar-refractivity contribution in [2.24, 2.45) is 81.5 Å². The number of allylic oxidation sites excluding steroid dienone is 5. The Labute approximate surface area is 826 Å². The first-order chi connectivity index (χ1) is 60.0. The summed E-state index contributed by atoms with van der Waals surface area (Å²) in [7, 11) is 8.76. The Balaban J connectivity index is -0.000000214. The van der Waals surface area contributed by atoms with Crippen molar-refractivity contribution in [3.63, 3.8) is 0 Å². The molecule has 2 aromatic heterocycles. The van der Waals surface area contributed by atoms with E-state index in [0.29, 0.717) is 84.8 Å². The Morgan fingerprint density at radius 3 is 1.13 bits per heavy atom. The SMILES string of the molecule is C#CCC(C)(C)C.C=C(N)CC(C)(C)C.CC(C)(C)/C=C/C#N.CC(C)(C)/C=C/C(=O)N1CCOCC1.CC(C)(C)C(=O)N1CCCC1.CC(C)(C)C(=O)N1CCCCC1.CC(C)(C)CCC(=O)N1CCOCC1.CC(C)(C)CO.CC(C)(C)Cn1ccnc1.CCC(C)(C)C.CN(C)C(=O)/C=C/C(C)(C)C.CN(C)C(=O)C(C)(C)C.COCC(C)(C)C.Cc1cn(CC(C)(C)C)nn1. The summed E-state index contributed by atoms with van der Waals surface area (Å²) in [5.74, 6) is 3.81. The molecule has 23 nitrogen and oxygen atoms in total. The summed E-state index contributed by atoms with van der Waals surface area (Å²) in [5.41, 5.74) is 9.29. The number of morpholine rings is 2. The second kappa shape index (κ2) is 68.8. The van der Waals surface area contributed by atoms with Gasteiger partial charge in [-0.25, -0.2) is 4.98 Å². The largest absolute Gasteiger partial charge is 0.402 e. The molecule has 0 atom stereocenters. The molecule has 0 aliphatic carbocycles. The van der Waals surface area contributed by atoms with Crippen molar-refractivity contribution in [3.8, 4) is 18.4 Å². The zero-order valence-corrected chi connectivity index (χ0v) is 96.5. The van der Waals surface area contributed by atoms with Gasteiger partial charge < -0.3 is 59.0 Å². The van der Waals surface area contributed by atoms with Crippen molar-refractivity contribution in [3.05, 3.63) is 79.3 Å². The third-order valence-electron chi connectivity index (χ3n) is 17.7. The van der Waals surface area contributed by atoms with Gasteiger partial charge in [0.1, 0.15) is 0 Å². The molecule has 6 heterocycles. The van der Waals surface area contributed by atoms with Crippen LogP contribution in [0.25, 0.3) is 0 Å². The summed E-state index contributed by atoms with van der Waals surface area (Å²) >= 11 is 0. The summed E-state index contributed by atoms with van der Waals surface area (Å²) in [6, 6.07) is 1.94. The summed E-state index contributed by atoms with van der Waals surface area (Å²) in [4.78, 5) is 83.7. The summed E-state index contributed by atoms with van der Waals surface area (Å²) < 4.78 is 19.3. The maximum atomic E-state index is 11.7. The number of aromatic nitrogens is 5. The molecule has 0 spiro atoms. The van der Waals surface area contributed by atoms with Crippen molar-refractivity contribution in [2.45, 2.75) is 382 Å². The Morgan fingerprint density at radius 1 is 0.522 bits per heavy atom. The lowest BCUT2D eigenvalue weighted by molar-refractivity contribution is -0.140. The van der Waals surface area contributed by atoms with E-state index >= 15 is 0 Å². The van der Waals surface area contributed by atoms with Crippen LogP contribution >= 0.6 is 0 Å². The van der Waals surface area contributed by atoms with Gasteiger partial charge in [0.05, 0.1) is 51.1 Å². The van der Waals surface area contributed by atoms with E-state index in [1.807, 2.05) is 164 Å². The number of rotatable bonds is 8. The van der Waals surface area contributed by atoms with Crippen molar-refractivity contribution < 1.29 is 48.1 Å². The van der Waals surface area contributed by atoms with Crippen molar-refractivity contribution in [1.29, 1.82) is 5.26 Å². The van der Waals surface area contributed by atoms with Gasteiger partial charge in [-0.05, 0) is 124 Å². The van der Waals surface area contributed by atoms with Gasteiger partial charge in [0.25, 0.3) is 0 Å². The number of likely N-dealkylation sites (N-methyl/N-ethyl adjacent to an activating group) is 1. The van der Waals surface area contributed by atoms with Crippen molar-refractivity contribution in [2.75, 3.05) is 127 Å². The normalized spacial score (nSPS) is 14.4. The van der Waals surface area contributed by atoms with E-state index in [9.17, 15) is 28.8 Å². The van der Waals surface area contributed by atoms with Gasteiger partial charge in [-0.15, -0.1) is 17.4 Å². The second-order valence-electron chi connectivity index (χ2n) is 51.6. The molecule has 0 saturated carbocycles. The number of hydrogen-bond donors (Lipinski definition) is 2. The lowest BCUT2D eigenvalue weighted by Crippen LogP contribution is -2.42. The third kappa shape index (κ3) is 107. The monoisotopic (exact) mass is 1890 g/mol. The molecule has 4 fully saturated rings. The molecular weight excluding hydrogens is 1680 g/mol. The number of nitriles is 1. The van der Waals surface area contributed by atoms with Crippen LogP contribution in [0.3, 0.4) is 0 Å². The molecule has 6 amide bonds. The van der Waals surface area contributed by atoms with Crippen LogP contribution in [0, 0.1) is 106 Å². The molecule has 4 aliphatic heterocycles.